The number of nitrogens with one attached hydrogen (secondary N) is 1. The van der Waals surface area contributed by atoms with E-state index in [1.165, 1.54) is 11.3 Å². The van der Waals surface area contributed by atoms with Gasteiger partial charge in [-0.25, -0.2) is 4.68 Å². The van der Waals surface area contributed by atoms with Crippen LogP contribution >= 0.6 is 34.5 Å². The molecule has 0 bridgehead atoms. The molecule has 3 aromatic rings. The van der Waals surface area contributed by atoms with Crippen LogP contribution in [0.15, 0.2) is 42.5 Å². The van der Waals surface area contributed by atoms with Crippen molar-refractivity contribution in [2.45, 2.75) is 20.0 Å². The number of halogens is 2. The predicted molar refractivity (Wildman–Crippen MR) is 98.0 cm³/mol. The lowest BCUT2D eigenvalue weighted by atomic mass is 10.2. The summed E-state index contributed by atoms with van der Waals surface area (Å²) in [7, 11) is 0. The lowest BCUT2D eigenvalue weighted by Crippen LogP contribution is -2.23. The van der Waals surface area contributed by atoms with Gasteiger partial charge in [-0.05, 0) is 24.6 Å². The Balaban J connectivity index is 1.74. The Bertz CT molecular complexity index is 858. The molecule has 0 saturated carbocycles. The molecule has 0 radical (unpaired) electrons. The summed E-state index contributed by atoms with van der Waals surface area (Å²) in [6, 6.07) is 13.6. The minimum Gasteiger partial charge on any atom is -0.347 e. The molecule has 0 aliphatic carbocycles. The Morgan fingerprint density at radius 2 is 1.96 bits per heavy atom. The first-order valence-electron chi connectivity index (χ1n) is 7.34. The minimum absolute atomic E-state index is 0.235. The summed E-state index contributed by atoms with van der Waals surface area (Å²) in [5, 5.41) is 7.60. The Kier molecular flexibility index (Phi) is 5.23. The van der Waals surface area contributed by atoms with Gasteiger partial charge in [0.2, 0.25) is 0 Å². The van der Waals surface area contributed by atoms with Crippen molar-refractivity contribution in [3.05, 3.63) is 73.7 Å². The highest BCUT2D eigenvalue weighted by Crippen LogP contribution is 2.23. The third-order valence-corrected chi connectivity index (χ3v) is 5.13. The van der Waals surface area contributed by atoms with Crippen LogP contribution in [0.3, 0.4) is 0 Å². The molecule has 0 spiro atoms. The van der Waals surface area contributed by atoms with Crippen LogP contribution in [0.25, 0.3) is 0 Å². The first-order chi connectivity index (χ1) is 11.5. The first kappa shape index (κ1) is 17.0. The monoisotopic (exact) mass is 379 g/mol. The van der Waals surface area contributed by atoms with Gasteiger partial charge < -0.3 is 5.32 Å². The van der Waals surface area contributed by atoms with Gasteiger partial charge in [0.05, 0.1) is 28.7 Å². The number of benzene rings is 1. The van der Waals surface area contributed by atoms with Crippen LogP contribution < -0.4 is 5.32 Å². The molecular weight excluding hydrogens is 365 g/mol. The predicted octanol–water partition coefficient (Wildman–Crippen LogP) is 4.54. The molecule has 0 atom stereocenters. The largest absolute Gasteiger partial charge is 0.347 e. The molecule has 4 nitrogen and oxygen atoms in total. The maximum Gasteiger partial charge on any atom is 0.256 e. The van der Waals surface area contributed by atoms with Gasteiger partial charge >= 0.3 is 0 Å². The molecule has 2 heterocycles. The van der Waals surface area contributed by atoms with E-state index in [0.29, 0.717) is 33.8 Å². The molecule has 24 heavy (non-hydrogen) atoms. The number of hydrogen-bond donors (Lipinski definition) is 1. The van der Waals surface area contributed by atoms with Gasteiger partial charge in [0, 0.05) is 4.88 Å². The summed E-state index contributed by atoms with van der Waals surface area (Å²) in [4.78, 5) is 13.4. The Morgan fingerprint density at radius 1 is 1.21 bits per heavy atom. The number of amides is 1. The first-order valence-corrected chi connectivity index (χ1v) is 8.91. The van der Waals surface area contributed by atoms with E-state index >= 15 is 0 Å². The molecule has 1 amide bonds. The average molecular weight is 380 g/mol. The van der Waals surface area contributed by atoms with E-state index < -0.39 is 0 Å². The second-order valence-corrected chi connectivity index (χ2v) is 7.44. The number of aryl methyl sites for hydroxylation is 1. The quantitative estimate of drug-likeness (QED) is 0.707. The van der Waals surface area contributed by atoms with Gasteiger partial charge in [-0.15, -0.1) is 11.3 Å². The summed E-state index contributed by atoms with van der Waals surface area (Å²) < 4.78 is 2.34. The molecule has 7 heteroatoms. The Hall–Kier alpha value is -1.82. The summed E-state index contributed by atoms with van der Waals surface area (Å²) in [6.07, 6.45) is 0. The minimum atomic E-state index is -0.235. The third-order valence-electron chi connectivity index (χ3n) is 3.52. The smallest absolute Gasteiger partial charge is 0.256 e. The molecule has 2 aromatic heterocycles. The summed E-state index contributed by atoms with van der Waals surface area (Å²) in [5.41, 5.74) is 2.09. The Morgan fingerprint density at radius 3 is 2.62 bits per heavy atom. The molecule has 1 aromatic carbocycles. The standard InChI is InChI=1S/C17H15Cl2N3OS/c1-11-15(17(23)20-9-13-7-8-14(18)24-13)16(19)22(21-11)10-12-5-3-2-4-6-12/h2-8H,9-10H2,1H3,(H,20,23). The zero-order valence-corrected chi connectivity index (χ0v) is 15.3. The molecule has 3 rings (SSSR count). The number of aromatic nitrogens is 2. The molecule has 1 N–H and O–H groups in total. The molecule has 124 valence electrons. The van der Waals surface area contributed by atoms with E-state index in [4.69, 9.17) is 23.2 Å². The lowest BCUT2D eigenvalue weighted by molar-refractivity contribution is 0.0951. The molecular formula is C17H15Cl2N3OS. The highest BCUT2D eigenvalue weighted by Gasteiger charge is 2.20. The molecule has 0 aliphatic heterocycles. The van der Waals surface area contributed by atoms with Gasteiger partial charge in [0.1, 0.15) is 5.15 Å². The second kappa shape index (κ2) is 7.38. The van der Waals surface area contributed by atoms with Crippen molar-refractivity contribution in [3.8, 4) is 0 Å². The van der Waals surface area contributed by atoms with Crippen LogP contribution in [0.1, 0.15) is 26.5 Å². The van der Waals surface area contributed by atoms with Gasteiger partial charge in [0.15, 0.2) is 0 Å². The van der Waals surface area contributed by atoms with Gasteiger partial charge in [-0.1, -0.05) is 53.5 Å². The number of nitrogens with zero attached hydrogens (tertiary/aromatic N) is 2. The molecule has 0 fully saturated rings. The van der Waals surface area contributed by atoms with E-state index in [1.54, 1.807) is 11.6 Å². The number of carbonyl (C=O) groups excluding carboxylic acids is 1. The van der Waals surface area contributed by atoms with E-state index in [0.717, 1.165) is 10.4 Å². The van der Waals surface area contributed by atoms with Gasteiger partial charge in [-0.3, -0.25) is 4.79 Å². The zero-order chi connectivity index (χ0) is 17.1. The van der Waals surface area contributed by atoms with E-state index in [-0.39, 0.29) is 5.91 Å². The van der Waals surface area contributed by atoms with Crippen LogP contribution in [-0.4, -0.2) is 15.7 Å². The molecule has 0 saturated heterocycles. The fourth-order valence-corrected chi connectivity index (χ4v) is 3.72. The normalized spacial score (nSPS) is 10.8. The van der Waals surface area contributed by atoms with Crippen molar-refractivity contribution in [1.82, 2.24) is 15.1 Å². The second-order valence-electron chi connectivity index (χ2n) is 5.28. The van der Waals surface area contributed by atoms with Crippen molar-refractivity contribution in [3.63, 3.8) is 0 Å². The number of carbonyl (C=O) groups is 1. The van der Waals surface area contributed by atoms with Crippen molar-refractivity contribution < 1.29 is 4.79 Å². The van der Waals surface area contributed by atoms with Crippen LogP contribution in [0.5, 0.6) is 0 Å². The van der Waals surface area contributed by atoms with Crippen LogP contribution in [0, 0.1) is 6.92 Å². The number of rotatable bonds is 5. The topological polar surface area (TPSA) is 46.9 Å². The number of thiophene rings is 1. The Labute approximate surface area is 154 Å². The van der Waals surface area contributed by atoms with Gasteiger partial charge in [0.25, 0.3) is 5.91 Å². The van der Waals surface area contributed by atoms with E-state index in [9.17, 15) is 4.79 Å². The maximum atomic E-state index is 12.5. The fourth-order valence-electron chi connectivity index (χ4n) is 2.37. The van der Waals surface area contributed by atoms with Crippen LogP contribution in [-0.2, 0) is 13.1 Å². The SMILES string of the molecule is Cc1nn(Cc2ccccc2)c(Cl)c1C(=O)NCc1ccc(Cl)s1. The van der Waals surface area contributed by atoms with Crippen molar-refractivity contribution in [1.29, 1.82) is 0 Å². The van der Waals surface area contributed by atoms with Gasteiger partial charge in [-0.2, -0.15) is 5.10 Å². The summed E-state index contributed by atoms with van der Waals surface area (Å²) in [6.45, 7) is 2.72. The lowest BCUT2D eigenvalue weighted by Gasteiger charge is -2.05. The van der Waals surface area contributed by atoms with E-state index in [1.807, 2.05) is 42.5 Å². The highest BCUT2D eigenvalue weighted by molar-refractivity contribution is 7.16. The zero-order valence-electron chi connectivity index (χ0n) is 12.9. The summed E-state index contributed by atoms with van der Waals surface area (Å²) in [5.74, 6) is -0.235. The fraction of sp³-hybridized carbons (Fsp3) is 0.176. The molecule has 0 aliphatic rings. The van der Waals surface area contributed by atoms with Crippen molar-refractivity contribution in [2.24, 2.45) is 0 Å². The summed E-state index contributed by atoms with van der Waals surface area (Å²) >= 11 is 13.7. The van der Waals surface area contributed by atoms with Crippen LogP contribution in [0.2, 0.25) is 9.49 Å². The van der Waals surface area contributed by atoms with Crippen molar-refractivity contribution in [2.75, 3.05) is 0 Å². The van der Waals surface area contributed by atoms with E-state index in [2.05, 4.69) is 10.4 Å². The maximum absolute atomic E-state index is 12.5. The molecule has 0 unspecified atom stereocenters. The van der Waals surface area contributed by atoms with Crippen molar-refractivity contribution >= 4 is 40.4 Å². The highest BCUT2D eigenvalue weighted by atomic mass is 35.5. The van der Waals surface area contributed by atoms with Crippen LogP contribution in [0.4, 0.5) is 0 Å². The third kappa shape index (κ3) is 3.80. The average Bonchev–Trinajstić information content (AvgIpc) is 3.10. The number of hydrogen-bond acceptors (Lipinski definition) is 3.